The van der Waals surface area contributed by atoms with Gasteiger partial charge in [0.15, 0.2) is 23.3 Å². The molecule has 0 saturated heterocycles. The highest BCUT2D eigenvalue weighted by Gasteiger charge is 2.17. The Hall–Kier alpha value is -8.36. The molecule has 0 spiro atoms. The van der Waals surface area contributed by atoms with Gasteiger partial charge in [0, 0.05) is 34.0 Å². The molecule has 0 saturated carbocycles. The van der Waals surface area contributed by atoms with Crippen LogP contribution in [0.4, 0.5) is 0 Å². The van der Waals surface area contributed by atoms with Gasteiger partial charge in [-0.25, -0.2) is 34.9 Å². The first-order chi connectivity index (χ1) is 29.7. The average molecular weight is 771 g/mol. The Morgan fingerprint density at radius 1 is 0.200 bits per heavy atom. The minimum Gasteiger partial charge on any atom is -0.255 e. The van der Waals surface area contributed by atoms with Crippen molar-refractivity contribution in [2.45, 2.75) is 0 Å². The lowest BCUT2D eigenvalue weighted by atomic mass is 10.00. The monoisotopic (exact) mass is 770 g/mol. The van der Waals surface area contributed by atoms with Crippen molar-refractivity contribution >= 4 is 0 Å². The number of hydrogen-bond donors (Lipinski definition) is 0. The van der Waals surface area contributed by atoms with Crippen LogP contribution in [0.1, 0.15) is 0 Å². The second-order valence-corrected chi connectivity index (χ2v) is 14.1. The summed E-state index contributed by atoms with van der Waals surface area (Å²) >= 11 is 0. The van der Waals surface area contributed by atoms with E-state index in [0.717, 1.165) is 61.7 Å². The van der Waals surface area contributed by atoms with E-state index in [1.165, 1.54) is 0 Å². The zero-order valence-electron chi connectivity index (χ0n) is 32.2. The molecule has 0 atom stereocenters. The summed E-state index contributed by atoms with van der Waals surface area (Å²) in [7, 11) is 0. The van der Waals surface area contributed by atoms with Gasteiger partial charge in [0.2, 0.25) is 0 Å². The van der Waals surface area contributed by atoms with E-state index in [0.29, 0.717) is 40.4 Å². The Balaban J connectivity index is 1.05. The predicted octanol–water partition coefficient (Wildman–Crippen LogP) is 11.8. The fourth-order valence-corrected chi connectivity index (χ4v) is 7.00. The summed E-state index contributed by atoms with van der Waals surface area (Å²) in [4.78, 5) is 39.6. The molecule has 0 bridgehead atoms. The van der Waals surface area contributed by atoms with Crippen LogP contribution >= 0.6 is 0 Å². The summed E-state index contributed by atoms with van der Waals surface area (Å²) in [5.74, 6) is 2.29. The largest absolute Gasteiger partial charge is 0.255 e. The van der Waals surface area contributed by atoms with E-state index in [1.807, 2.05) is 146 Å². The Kier molecular flexibility index (Phi) is 9.75. The fourth-order valence-electron chi connectivity index (χ4n) is 7.00. The summed E-state index contributed by atoms with van der Waals surface area (Å²) < 4.78 is 0. The van der Waals surface area contributed by atoms with Crippen LogP contribution in [0.25, 0.3) is 102 Å². The molecular formula is C52H34N8. The van der Waals surface area contributed by atoms with Crippen LogP contribution in [0.3, 0.4) is 0 Å². The summed E-state index contributed by atoms with van der Waals surface area (Å²) in [6.45, 7) is 0. The van der Waals surface area contributed by atoms with Gasteiger partial charge in [-0.2, -0.15) is 0 Å². The van der Waals surface area contributed by atoms with Crippen LogP contribution in [-0.2, 0) is 0 Å². The van der Waals surface area contributed by atoms with E-state index in [-0.39, 0.29) is 0 Å². The molecule has 0 aliphatic carbocycles. The third-order valence-electron chi connectivity index (χ3n) is 10.0. The van der Waals surface area contributed by atoms with Gasteiger partial charge in [-0.3, -0.25) is 4.98 Å². The molecule has 5 aromatic carbocycles. The van der Waals surface area contributed by atoms with Gasteiger partial charge in [0.25, 0.3) is 0 Å². The first-order valence-electron chi connectivity index (χ1n) is 19.6. The van der Waals surface area contributed by atoms with Crippen molar-refractivity contribution in [2.75, 3.05) is 0 Å². The number of hydrogen-bond acceptors (Lipinski definition) is 8. The van der Waals surface area contributed by atoms with E-state index in [4.69, 9.17) is 34.9 Å². The zero-order valence-corrected chi connectivity index (χ0v) is 32.2. The molecule has 0 N–H and O–H groups in total. The van der Waals surface area contributed by atoms with Crippen molar-refractivity contribution in [1.82, 2.24) is 39.9 Å². The average Bonchev–Trinajstić information content (AvgIpc) is 3.35. The molecule has 0 amide bonds. The number of nitrogens with zero attached hydrogens (tertiary/aromatic N) is 8. The van der Waals surface area contributed by atoms with Gasteiger partial charge in [0.05, 0.1) is 34.2 Å². The van der Waals surface area contributed by atoms with Crippen LogP contribution in [0.15, 0.2) is 206 Å². The Bertz CT molecular complexity index is 2940. The maximum atomic E-state index is 5.12. The van der Waals surface area contributed by atoms with Gasteiger partial charge in [-0.15, -0.1) is 0 Å². The van der Waals surface area contributed by atoms with Gasteiger partial charge >= 0.3 is 0 Å². The molecule has 0 unspecified atom stereocenters. The molecule has 10 rings (SSSR count). The third kappa shape index (κ3) is 7.68. The minimum absolute atomic E-state index is 0.469. The molecule has 0 aliphatic heterocycles. The minimum atomic E-state index is 0.469. The molecule has 5 heterocycles. The lowest BCUT2D eigenvalue weighted by Crippen LogP contribution is -2.02. The molecule has 8 heteroatoms. The Labute approximate surface area is 347 Å². The normalized spacial score (nSPS) is 11.0. The second-order valence-electron chi connectivity index (χ2n) is 14.1. The third-order valence-corrected chi connectivity index (χ3v) is 10.0. The van der Waals surface area contributed by atoms with E-state index in [9.17, 15) is 0 Å². The topological polar surface area (TPSA) is 103 Å². The number of pyridine rings is 3. The van der Waals surface area contributed by atoms with Gasteiger partial charge in [-0.1, -0.05) is 158 Å². The molecule has 60 heavy (non-hydrogen) atoms. The quantitative estimate of drug-likeness (QED) is 0.143. The lowest BCUT2D eigenvalue weighted by molar-refractivity contribution is 1.06. The van der Waals surface area contributed by atoms with Crippen molar-refractivity contribution in [3.63, 3.8) is 0 Å². The molecule has 8 nitrogen and oxygen atoms in total. The van der Waals surface area contributed by atoms with E-state index in [2.05, 4.69) is 59.6 Å². The maximum absolute atomic E-state index is 5.12. The number of aromatic nitrogens is 8. The summed E-state index contributed by atoms with van der Waals surface area (Å²) in [6.07, 6.45) is 1.78. The first-order valence-corrected chi connectivity index (χ1v) is 19.6. The summed E-state index contributed by atoms with van der Waals surface area (Å²) in [5, 5.41) is 0. The van der Waals surface area contributed by atoms with Crippen LogP contribution in [-0.4, -0.2) is 39.9 Å². The molecule has 0 fully saturated rings. The van der Waals surface area contributed by atoms with Crippen molar-refractivity contribution in [3.05, 3.63) is 206 Å². The molecule has 5 aromatic heterocycles. The molecule has 0 aliphatic rings. The zero-order chi connectivity index (χ0) is 40.1. The standard InChI is InChI=1S/C52H34N8/c1-5-16-36(17-6-1)45-34-46(57-49(56-45)38-18-7-2-8-19-38)37-29-27-35(28-30-37)41-32-47(42-24-13-14-31-53-42)55-48(33-41)43-25-15-26-44(54-43)52-59-50(39-20-9-3-10-21-39)58-51(60-52)40-22-11-4-12-23-40/h1-34H. The number of benzene rings is 5. The highest BCUT2D eigenvalue weighted by Crippen LogP contribution is 2.33. The van der Waals surface area contributed by atoms with Crippen molar-refractivity contribution < 1.29 is 0 Å². The molecule has 282 valence electrons. The van der Waals surface area contributed by atoms with Crippen LogP contribution in [0.2, 0.25) is 0 Å². The van der Waals surface area contributed by atoms with Crippen molar-refractivity contribution in [3.8, 4) is 102 Å². The van der Waals surface area contributed by atoms with E-state index < -0.39 is 0 Å². The highest BCUT2D eigenvalue weighted by molar-refractivity contribution is 5.78. The summed E-state index contributed by atoms with van der Waals surface area (Å²) in [5.41, 5.74) is 11.9. The second kappa shape index (κ2) is 16.2. The van der Waals surface area contributed by atoms with Crippen LogP contribution in [0, 0.1) is 0 Å². The van der Waals surface area contributed by atoms with E-state index in [1.54, 1.807) is 6.20 Å². The smallest absolute Gasteiger partial charge is 0.182 e. The van der Waals surface area contributed by atoms with Gasteiger partial charge in [-0.05, 0) is 53.6 Å². The Morgan fingerprint density at radius 3 is 1.17 bits per heavy atom. The van der Waals surface area contributed by atoms with Crippen LogP contribution < -0.4 is 0 Å². The SMILES string of the molecule is c1ccc(-c2cc(-c3ccc(-c4cc(-c5ccccn5)nc(-c5cccc(-c6nc(-c7ccccc7)nc(-c7ccccc7)n6)n5)c4)cc3)nc(-c3ccccc3)n2)cc1. The predicted molar refractivity (Wildman–Crippen MR) is 238 cm³/mol. The van der Waals surface area contributed by atoms with Crippen LogP contribution in [0.5, 0.6) is 0 Å². The van der Waals surface area contributed by atoms with Gasteiger partial charge in [0.1, 0.15) is 5.69 Å². The molecular weight excluding hydrogens is 737 g/mol. The van der Waals surface area contributed by atoms with E-state index >= 15 is 0 Å². The fraction of sp³-hybridized carbons (Fsp3) is 0. The van der Waals surface area contributed by atoms with Gasteiger partial charge < -0.3 is 0 Å². The molecule has 10 aromatic rings. The number of rotatable bonds is 9. The highest BCUT2D eigenvalue weighted by atomic mass is 15.0. The van der Waals surface area contributed by atoms with Crippen molar-refractivity contribution in [2.24, 2.45) is 0 Å². The summed E-state index contributed by atoms with van der Waals surface area (Å²) in [6, 6.07) is 66.5. The first kappa shape index (κ1) is 36.0. The molecule has 0 radical (unpaired) electrons. The Morgan fingerprint density at radius 2 is 0.617 bits per heavy atom. The van der Waals surface area contributed by atoms with Crippen molar-refractivity contribution in [1.29, 1.82) is 0 Å². The maximum Gasteiger partial charge on any atom is 0.182 e. The lowest BCUT2D eigenvalue weighted by Gasteiger charge is -2.12.